The third-order valence-corrected chi connectivity index (χ3v) is 4.67. The fourth-order valence-electron chi connectivity index (χ4n) is 3.26. The molecule has 1 N–H and O–H groups in total. The molecule has 1 unspecified atom stereocenters. The Morgan fingerprint density at radius 2 is 2.16 bits per heavy atom. The van der Waals surface area contributed by atoms with E-state index in [1.165, 1.54) is 6.07 Å². The second kappa shape index (κ2) is 6.36. The molecule has 0 bridgehead atoms. The molecular weight excluding hydrogens is 324 g/mol. The van der Waals surface area contributed by atoms with Gasteiger partial charge in [-0.2, -0.15) is 5.16 Å². The summed E-state index contributed by atoms with van der Waals surface area (Å²) in [6, 6.07) is 5.01. The van der Waals surface area contributed by atoms with Crippen LogP contribution in [0.25, 0.3) is 0 Å². The minimum absolute atomic E-state index is 0.0286. The molecule has 0 radical (unpaired) electrons. The maximum absolute atomic E-state index is 12.7. The van der Waals surface area contributed by atoms with Crippen LogP contribution < -0.4 is 10.5 Å². The molecule has 1 atom stereocenters. The second-order valence-corrected chi connectivity index (χ2v) is 6.55. The molecule has 8 nitrogen and oxygen atoms in total. The van der Waals surface area contributed by atoms with Crippen LogP contribution >= 0.6 is 0 Å². The summed E-state index contributed by atoms with van der Waals surface area (Å²) in [5, 5.41) is 2.28. The van der Waals surface area contributed by atoms with E-state index in [9.17, 15) is 9.59 Å². The molecule has 4 rings (SSSR count). The first-order valence-electron chi connectivity index (χ1n) is 8.40. The van der Waals surface area contributed by atoms with Crippen LogP contribution in [0.1, 0.15) is 29.0 Å². The van der Waals surface area contributed by atoms with Crippen molar-refractivity contribution in [3.05, 3.63) is 46.1 Å². The van der Waals surface area contributed by atoms with Gasteiger partial charge in [-0.1, -0.05) is 0 Å². The molecule has 132 valence electrons. The van der Waals surface area contributed by atoms with E-state index in [0.29, 0.717) is 31.0 Å². The van der Waals surface area contributed by atoms with Gasteiger partial charge in [0, 0.05) is 44.0 Å². The Kier molecular flexibility index (Phi) is 4.04. The van der Waals surface area contributed by atoms with Crippen molar-refractivity contribution in [2.45, 2.75) is 18.9 Å². The average molecular weight is 344 g/mol. The largest absolute Gasteiger partial charge is 0.383 e. The number of aromatic amines is 1. The molecule has 8 heteroatoms. The maximum atomic E-state index is 12.7. The summed E-state index contributed by atoms with van der Waals surface area (Å²) >= 11 is 0. The predicted octanol–water partition coefficient (Wildman–Crippen LogP) is 0.828. The Labute approximate surface area is 144 Å². The number of carbonyl (C=O) groups excluding carboxylic acids is 1. The Balaban J connectivity index is 1.43. The Bertz CT molecular complexity index is 824. The van der Waals surface area contributed by atoms with Crippen LogP contribution in [0, 0.1) is 0 Å². The number of ether oxygens (including phenoxy) is 1. The van der Waals surface area contributed by atoms with Gasteiger partial charge in [-0.15, -0.1) is 0 Å². The van der Waals surface area contributed by atoms with Crippen LogP contribution in [0.4, 0.5) is 5.82 Å². The lowest BCUT2D eigenvalue weighted by Crippen LogP contribution is -2.48. The molecule has 0 aliphatic carbocycles. The molecule has 0 saturated carbocycles. The third kappa shape index (κ3) is 3.17. The number of pyridine rings is 1. The van der Waals surface area contributed by atoms with Crippen LogP contribution in [0.2, 0.25) is 0 Å². The molecule has 0 spiro atoms. The van der Waals surface area contributed by atoms with Gasteiger partial charge < -0.3 is 19.1 Å². The fraction of sp³-hybridized carbons (Fsp3) is 0.471. The van der Waals surface area contributed by atoms with E-state index in [4.69, 9.17) is 9.26 Å². The molecule has 1 amide bonds. The summed E-state index contributed by atoms with van der Waals surface area (Å²) in [6.07, 6.45) is 1.83. The van der Waals surface area contributed by atoms with E-state index in [2.05, 4.69) is 15.0 Å². The van der Waals surface area contributed by atoms with Gasteiger partial charge in [0.2, 0.25) is 0 Å². The number of morpholine rings is 1. The van der Waals surface area contributed by atoms with E-state index in [-0.39, 0.29) is 23.5 Å². The van der Waals surface area contributed by atoms with Crippen LogP contribution in [-0.4, -0.2) is 59.8 Å². The zero-order valence-electron chi connectivity index (χ0n) is 14.0. The Morgan fingerprint density at radius 1 is 1.32 bits per heavy atom. The molecule has 4 heterocycles. The van der Waals surface area contributed by atoms with E-state index >= 15 is 0 Å². The van der Waals surface area contributed by atoms with Gasteiger partial charge in [-0.05, 0) is 19.1 Å². The number of nitrogens with zero attached hydrogens (tertiary/aromatic N) is 3. The molecule has 25 heavy (non-hydrogen) atoms. The zero-order valence-corrected chi connectivity index (χ0v) is 14.0. The molecule has 0 aromatic carbocycles. The van der Waals surface area contributed by atoms with Crippen LogP contribution in [0.3, 0.4) is 0 Å². The minimum atomic E-state index is -0.252. The highest BCUT2D eigenvalue weighted by atomic mass is 16.5. The number of amides is 1. The van der Waals surface area contributed by atoms with Crippen molar-refractivity contribution >= 4 is 11.7 Å². The zero-order chi connectivity index (χ0) is 17.4. The molecule has 2 aromatic heterocycles. The molecule has 2 aliphatic rings. The first kappa shape index (κ1) is 15.9. The van der Waals surface area contributed by atoms with Crippen molar-refractivity contribution in [1.82, 2.24) is 15.0 Å². The van der Waals surface area contributed by atoms with Crippen molar-refractivity contribution in [1.29, 1.82) is 0 Å². The minimum Gasteiger partial charge on any atom is -0.383 e. The first-order valence-corrected chi connectivity index (χ1v) is 8.40. The molecule has 2 saturated heterocycles. The lowest BCUT2D eigenvalue weighted by atomic mass is 9.96. The highest BCUT2D eigenvalue weighted by molar-refractivity contribution is 5.95. The van der Waals surface area contributed by atoms with Gasteiger partial charge >= 0.3 is 0 Å². The van der Waals surface area contributed by atoms with Crippen molar-refractivity contribution < 1.29 is 14.1 Å². The number of aromatic nitrogens is 2. The van der Waals surface area contributed by atoms with E-state index < -0.39 is 0 Å². The number of hydrogen-bond donors (Lipinski definition) is 1. The summed E-state index contributed by atoms with van der Waals surface area (Å²) in [5.74, 6) is 1.45. The van der Waals surface area contributed by atoms with Gasteiger partial charge in [-0.25, -0.2) is 4.98 Å². The third-order valence-electron chi connectivity index (χ3n) is 4.67. The average Bonchev–Trinajstić information content (AvgIpc) is 2.99. The molecule has 2 aromatic rings. The highest BCUT2D eigenvalue weighted by Crippen LogP contribution is 2.28. The van der Waals surface area contributed by atoms with E-state index in [1.54, 1.807) is 17.2 Å². The monoisotopic (exact) mass is 344 g/mol. The van der Waals surface area contributed by atoms with Gasteiger partial charge in [0.25, 0.3) is 11.5 Å². The van der Waals surface area contributed by atoms with Gasteiger partial charge in [0.05, 0.1) is 18.6 Å². The standard InChI is InChI=1S/C17H20N4O4/c1-11-8-20(4-5-24-11)15-6-12(2-3-18-15)17(23)21-9-13(10-21)14-7-16(22)19-25-14/h2-3,6-7,11,13H,4-5,8-10H2,1H3,(H,19,22). The van der Waals surface area contributed by atoms with Crippen molar-refractivity contribution in [2.24, 2.45) is 0 Å². The first-order chi connectivity index (χ1) is 12.1. The van der Waals surface area contributed by atoms with Crippen LogP contribution in [0.5, 0.6) is 0 Å². The van der Waals surface area contributed by atoms with Crippen LogP contribution in [-0.2, 0) is 4.74 Å². The summed E-state index contributed by atoms with van der Waals surface area (Å²) < 4.78 is 10.7. The summed E-state index contributed by atoms with van der Waals surface area (Å²) in [4.78, 5) is 32.1. The quantitative estimate of drug-likeness (QED) is 0.887. The SMILES string of the molecule is CC1CN(c2cc(C(=O)N3CC(c4cc(=O)[nH]o4)C3)ccn2)CCO1. The van der Waals surface area contributed by atoms with Gasteiger partial charge in [-0.3, -0.25) is 9.59 Å². The predicted molar refractivity (Wildman–Crippen MR) is 89.8 cm³/mol. The van der Waals surface area contributed by atoms with Gasteiger partial charge in [0.1, 0.15) is 11.6 Å². The lowest BCUT2D eigenvalue weighted by molar-refractivity contribution is 0.0529. The number of likely N-dealkylation sites (tertiary alicyclic amines) is 1. The Morgan fingerprint density at radius 3 is 2.88 bits per heavy atom. The Hall–Kier alpha value is -2.61. The smallest absolute Gasteiger partial charge is 0.280 e. The van der Waals surface area contributed by atoms with Crippen LogP contribution in [0.15, 0.2) is 33.7 Å². The number of hydrogen-bond acceptors (Lipinski definition) is 6. The number of nitrogens with one attached hydrogen (secondary N) is 1. The van der Waals surface area contributed by atoms with E-state index in [1.807, 2.05) is 13.0 Å². The normalized spacial score (nSPS) is 21.2. The maximum Gasteiger partial charge on any atom is 0.280 e. The second-order valence-electron chi connectivity index (χ2n) is 6.55. The topological polar surface area (TPSA) is 91.7 Å². The summed E-state index contributed by atoms with van der Waals surface area (Å²) in [5.41, 5.74) is 0.372. The molecular formula is C17H20N4O4. The molecule has 2 fully saturated rings. The number of carbonyl (C=O) groups is 1. The van der Waals surface area contributed by atoms with Crippen molar-refractivity contribution in [3.63, 3.8) is 0 Å². The van der Waals surface area contributed by atoms with Crippen molar-refractivity contribution in [3.8, 4) is 0 Å². The molecule has 2 aliphatic heterocycles. The number of rotatable bonds is 3. The van der Waals surface area contributed by atoms with Gasteiger partial charge in [0.15, 0.2) is 0 Å². The summed E-state index contributed by atoms with van der Waals surface area (Å²) in [6.45, 7) is 5.32. The fourth-order valence-corrected chi connectivity index (χ4v) is 3.26. The van der Waals surface area contributed by atoms with E-state index in [0.717, 1.165) is 18.9 Å². The highest BCUT2D eigenvalue weighted by Gasteiger charge is 2.35. The number of H-pyrrole nitrogens is 1. The van der Waals surface area contributed by atoms with Crippen molar-refractivity contribution in [2.75, 3.05) is 37.7 Å². The lowest BCUT2D eigenvalue weighted by Gasteiger charge is -2.38. The summed E-state index contributed by atoms with van der Waals surface area (Å²) in [7, 11) is 0. The number of anilines is 1.